The van der Waals surface area contributed by atoms with Crippen LogP contribution in [0, 0.1) is 0 Å². The number of benzene rings is 2. The number of para-hydroxylation sites is 1. The van der Waals surface area contributed by atoms with Crippen molar-refractivity contribution in [1.82, 2.24) is 10.6 Å². The molecule has 0 aliphatic carbocycles. The second-order valence-electron chi connectivity index (χ2n) is 5.25. The van der Waals surface area contributed by atoms with Crippen LogP contribution < -0.4 is 20.1 Å². The Morgan fingerprint density at radius 2 is 1.79 bits per heavy atom. The second kappa shape index (κ2) is 9.78. The van der Waals surface area contributed by atoms with Gasteiger partial charge in [-0.25, -0.2) is 0 Å². The van der Waals surface area contributed by atoms with E-state index in [-0.39, 0.29) is 0 Å². The molecule has 0 radical (unpaired) electrons. The van der Waals surface area contributed by atoms with E-state index >= 15 is 0 Å². The molecule has 0 amide bonds. The average molecular weight is 344 g/mol. The van der Waals surface area contributed by atoms with Crippen LogP contribution in [-0.4, -0.2) is 25.4 Å². The van der Waals surface area contributed by atoms with Crippen molar-refractivity contribution in [3.8, 4) is 11.5 Å². The van der Waals surface area contributed by atoms with Gasteiger partial charge in [-0.05, 0) is 49.3 Å². The van der Waals surface area contributed by atoms with Crippen LogP contribution in [0.1, 0.15) is 18.1 Å². The Bertz CT molecular complexity index is 644. The fraction of sp³-hybridized carbons (Fsp3) is 0.316. The molecule has 0 aliphatic rings. The summed E-state index contributed by atoms with van der Waals surface area (Å²) in [5.41, 5.74) is 2.33. The van der Waals surface area contributed by atoms with Crippen LogP contribution in [0.25, 0.3) is 0 Å². The molecule has 0 bridgehead atoms. The van der Waals surface area contributed by atoms with Gasteiger partial charge in [0.2, 0.25) is 0 Å². The van der Waals surface area contributed by atoms with Crippen molar-refractivity contribution in [3.63, 3.8) is 0 Å². The summed E-state index contributed by atoms with van der Waals surface area (Å²) >= 11 is 5.32. The lowest BCUT2D eigenvalue weighted by Gasteiger charge is -2.12. The fourth-order valence-corrected chi connectivity index (χ4v) is 2.50. The first kappa shape index (κ1) is 18.1. The van der Waals surface area contributed by atoms with Crippen LogP contribution in [0.5, 0.6) is 11.5 Å². The maximum absolute atomic E-state index is 5.44. The van der Waals surface area contributed by atoms with Gasteiger partial charge in [-0.3, -0.25) is 0 Å². The van der Waals surface area contributed by atoms with E-state index in [1.54, 1.807) is 7.11 Å². The SMILES string of the molecule is CCOc1ccc(CCNC(=S)NCc2ccccc2OC)cc1. The third kappa shape index (κ3) is 5.74. The van der Waals surface area contributed by atoms with Crippen LogP contribution >= 0.6 is 12.2 Å². The van der Waals surface area contributed by atoms with Gasteiger partial charge in [0.15, 0.2) is 5.11 Å². The predicted molar refractivity (Wildman–Crippen MR) is 102 cm³/mol. The maximum Gasteiger partial charge on any atom is 0.166 e. The molecule has 128 valence electrons. The summed E-state index contributed by atoms with van der Waals surface area (Å²) in [5.74, 6) is 1.77. The molecule has 0 saturated heterocycles. The highest BCUT2D eigenvalue weighted by molar-refractivity contribution is 7.80. The zero-order valence-electron chi connectivity index (χ0n) is 14.2. The van der Waals surface area contributed by atoms with Crippen molar-refractivity contribution in [3.05, 3.63) is 59.7 Å². The summed E-state index contributed by atoms with van der Waals surface area (Å²) in [6.07, 6.45) is 0.906. The first-order valence-corrected chi connectivity index (χ1v) is 8.49. The van der Waals surface area contributed by atoms with E-state index in [0.29, 0.717) is 18.3 Å². The van der Waals surface area contributed by atoms with Gasteiger partial charge in [0, 0.05) is 18.7 Å². The summed E-state index contributed by atoms with van der Waals surface area (Å²) < 4.78 is 10.8. The molecule has 2 N–H and O–H groups in total. The molecule has 0 saturated carbocycles. The third-order valence-electron chi connectivity index (χ3n) is 3.57. The van der Waals surface area contributed by atoms with E-state index in [0.717, 1.165) is 30.0 Å². The molecule has 0 spiro atoms. The molecule has 0 fully saturated rings. The number of nitrogens with one attached hydrogen (secondary N) is 2. The molecule has 0 aliphatic heterocycles. The Balaban J connectivity index is 1.71. The minimum Gasteiger partial charge on any atom is -0.496 e. The minimum absolute atomic E-state index is 0.638. The van der Waals surface area contributed by atoms with Gasteiger partial charge in [0.25, 0.3) is 0 Å². The smallest absolute Gasteiger partial charge is 0.166 e. The molecule has 0 aromatic heterocycles. The van der Waals surface area contributed by atoms with Gasteiger partial charge in [0.1, 0.15) is 11.5 Å². The van der Waals surface area contributed by atoms with E-state index in [2.05, 4.69) is 22.8 Å². The Hall–Kier alpha value is -2.27. The minimum atomic E-state index is 0.638. The van der Waals surface area contributed by atoms with Crippen LogP contribution in [0.3, 0.4) is 0 Å². The molecule has 2 aromatic rings. The highest BCUT2D eigenvalue weighted by Crippen LogP contribution is 2.16. The quantitative estimate of drug-likeness (QED) is 0.719. The van der Waals surface area contributed by atoms with Crippen molar-refractivity contribution in [2.75, 3.05) is 20.3 Å². The topological polar surface area (TPSA) is 42.5 Å². The first-order valence-electron chi connectivity index (χ1n) is 8.08. The number of rotatable bonds is 8. The number of methoxy groups -OCH3 is 1. The van der Waals surface area contributed by atoms with Crippen LogP contribution in [0.2, 0.25) is 0 Å². The summed E-state index contributed by atoms with van der Waals surface area (Å²) in [7, 11) is 1.67. The highest BCUT2D eigenvalue weighted by atomic mass is 32.1. The van der Waals surface area contributed by atoms with Crippen molar-refractivity contribution in [2.24, 2.45) is 0 Å². The third-order valence-corrected chi connectivity index (χ3v) is 3.85. The summed E-state index contributed by atoms with van der Waals surface area (Å²) in [6, 6.07) is 16.1. The molecule has 24 heavy (non-hydrogen) atoms. The average Bonchev–Trinajstić information content (AvgIpc) is 2.62. The summed E-state index contributed by atoms with van der Waals surface area (Å²) in [5, 5.41) is 7.08. The Labute approximate surface area is 149 Å². The van der Waals surface area contributed by atoms with Crippen molar-refractivity contribution in [2.45, 2.75) is 19.9 Å². The predicted octanol–water partition coefficient (Wildman–Crippen LogP) is 3.30. The molecule has 4 nitrogen and oxygen atoms in total. The lowest BCUT2D eigenvalue weighted by molar-refractivity contribution is 0.340. The monoisotopic (exact) mass is 344 g/mol. The molecule has 0 unspecified atom stereocenters. The van der Waals surface area contributed by atoms with Crippen LogP contribution in [-0.2, 0) is 13.0 Å². The van der Waals surface area contributed by atoms with Gasteiger partial charge < -0.3 is 20.1 Å². The van der Waals surface area contributed by atoms with E-state index in [9.17, 15) is 0 Å². The number of hydrogen-bond acceptors (Lipinski definition) is 3. The van der Waals surface area contributed by atoms with Crippen molar-refractivity contribution >= 4 is 17.3 Å². The second-order valence-corrected chi connectivity index (χ2v) is 5.66. The zero-order valence-corrected chi connectivity index (χ0v) is 15.0. The lowest BCUT2D eigenvalue weighted by atomic mass is 10.1. The summed E-state index contributed by atoms with van der Waals surface area (Å²) in [4.78, 5) is 0. The van der Waals surface area contributed by atoms with Crippen LogP contribution in [0.15, 0.2) is 48.5 Å². The Morgan fingerprint density at radius 3 is 2.50 bits per heavy atom. The molecule has 2 aromatic carbocycles. The van der Waals surface area contributed by atoms with Gasteiger partial charge in [-0.15, -0.1) is 0 Å². The fourth-order valence-electron chi connectivity index (χ4n) is 2.33. The molecule has 2 rings (SSSR count). The van der Waals surface area contributed by atoms with E-state index < -0.39 is 0 Å². The largest absolute Gasteiger partial charge is 0.496 e. The first-order chi connectivity index (χ1) is 11.7. The number of thiocarbonyl (C=S) groups is 1. The van der Waals surface area contributed by atoms with Gasteiger partial charge in [-0.2, -0.15) is 0 Å². The van der Waals surface area contributed by atoms with E-state index in [4.69, 9.17) is 21.7 Å². The lowest BCUT2D eigenvalue weighted by Crippen LogP contribution is -2.36. The highest BCUT2D eigenvalue weighted by Gasteiger charge is 2.02. The van der Waals surface area contributed by atoms with Gasteiger partial charge >= 0.3 is 0 Å². The van der Waals surface area contributed by atoms with Gasteiger partial charge in [0.05, 0.1) is 13.7 Å². The number of hydrogen-bond donors (Lipinski definition) is 2. The molecular formula is C19H24N2O2S. The standard InChI is InChI=1S/C19H24N2O2S/c1-3-23-17-10-8-15(9-11-17)12-13-20-19(24)21-14-16-6-4-5-7-18(16)22-2/h4-11H,3,12-14H2,1-2H3,(H2,20,21,24). The van der Waals surface area contributed by atoms with E-state index in [1.807, 2.05) is 43.3 Å². The Kier molecular flexibility index (Phi) is 7.36. The number of ether oxygens (including phenoxy) is 2. The molecule has 0 heterocycles. The van der Waals surface area contributed by atoms with Crippen LogP contribution in [0.4, 0.5) is 0 Å². The van der Waals surface area contributed by atoms with Gasteiger partial charge in [-0.1, -0.05) is 30.3 Å². The van der Waals surface area contributed by atoms with Crippen molar-refractivity contribution in [1.29, 1.82) is 0 Å². The van der Waals surface area contributed by atoms with Crippen molar-refractivity contribution < 1.29 is 9.47 Å². The Morgan fingerprint density at radius 1 is 1.04 bits per heavy atom. The maximum atomic E-state index is 5.44. The molecule has 0 atom stereocenters. The molecule has 5 heteroatoms. The van der Waals surface area contributed by atoms with E-state index in [1.165, 1.54) is 5.56 Å². The zero-order chi connectivity index (χ0) is 17.2. The summed E-state index contributed by atoms with van der Waals surface area (Å²) in [6.45, 7) is 4.09. The molecular weight excluding hydrogens is 320 g/mol. The normalized spacial score (nSPS) is 10.1.